The predicted octanol–water partition coefficient (Wildman–Crippen LogP) is 14.1. The second kappa shape index (κ2) is 11.6. The van der Waals surface area contributed by atoms with Crippen LogP contribution in [0.25, 0.3) is 55.3 Å². The third-order valence-electron chi connectivity index (χ3n) is 11.5. The summed E-state index contributed by atoms with van der Waals surface area (Å²) in [6, 6.07) is 59.2. The lowest BCUT2D eigenvalue weighted by atomic mass is 9.70. The molecule has 0 N–H and O–H groups in total. The van der Waals surface area contributed by atoms with Crippen LogP contribution in [0.3, 0.4) is 0 Å². The second-order valence-electron chi connectivity index (χ2n) is 14.3. The molecule has 2 aliphatic rings. The predicted molar refractivity (Wildman–Crippen MR) is 215 cm³/mol. The number of hydrogen-bond donors (Lipinski definition) is 0. The lowest BCUT2D eigenvalue weighted by Gasteiger charge is -2.33. The molecule has 2 aliphatic carbocycles. The van der Waals surface area contributed by atoms with Crippen molar-refractivity contribution in [3.63, 3.8) is 0 Å². The van der Waals surface area contributed by atoms with Crippen molar-refractivity contribution in [1.29, 1.82) is 0 Å². The first-order chi connectivity index (χ1) is 26.9. The van der Waals surface area contributed by atoms with E-state index in [0.717, 1.165) is 55.3 Å². The van der Waals surface area contributed by atoms with Crippen LogP contribution in [0.15, 0.2) is 186 Å². The van der Waals surface area contributed by atoms with Gasteiger partial charge >= 0.3 is 6.18 Å². The summed E-state index contributed by atoms with van der Waals surface area (Å²) < 4.78 is 51.7. The van der Waals surface area contributed by atoms with Gasteiger partial charge < -0.3 is 9.32 Å². The van der Waals surface area contributed by atoms with Crippen LogP contribution < -0.4 is 4.90 Å². The number of halogens is 3. The molecule has 1 spiro atoms. The van der Waals surface area contributed by atoms with Gasteiger partial charge in [0.1, 0.15) is 11.2 Å². The summed E-state index contributed by atoms with van der Waals surface area (Å²) in [5, 5.41) is 1.86. The van der Waals surface area contributed by atoms with Crippen LogP contribution >= 0.6 is 0 Å². The first-order valence-electron chi connectivity index (χ1n) is 18.3. The summed E-state index contributed by atoms with van der Waals surface area (Å²) in [6.45, 7) is 0. The van der Waals surface area contributed by atoms with Crippen LogP contribution in [0.5, 0.6) is 0 Å². The molecule has 0 fully saturated rings. The topological polar surface area (TPSA) is 16.4 Å². The quantitative estimate of drug-likeness (QED) is 0.180. The molecule has 9 aromatic rings. The minimum atomic E-state index is -4.61. The number of furan rings is 1. The fourth-order valence-corrected chi connectivity index (χ4v) is 9.43. The van der Waals surface area contributed by atoms with Crippen molar-refractivity contribution in [2.75, 3.05) is 4.90 Å². The Morgan fingerprint density at radius 2 is 0.927 bits per heavy atom. The van der Waals surface area contributed by atoms with E-state index < -0.39 is 17.2 Å². The van der Waals surface area contributed by atoms with Crippen molar-refractivity contribution in [3.05, 3.63) is 210 Å². The van der Waals surface area contributed by atoms with Crippen LogP contribution in [0.2, 0.25) is 0 Å². The van der Waals surface area contributed by atoms with Crippen LogP contribution in [0.4, 0.5) is 30.2 Å². The van der Waals surface area contributed by atoms with E-state index in [4.69, 9.17) is 4.42 Å². The zero-order valence-corrected chi connectivity index (χ0v) is 29.3. The molecule has 1 aromatic heterocycles. The number of benzene rings is 8. The van der Waals surface area contributed by atoms with Crippen molar-refractivity contribution in [2.24, 2.45) is 0 Å². The number of rotatable bonds is 4. The van der Waals surface area contributed by atoms with Gasteiger partial charge in [0.2, 0.25) is 0 Å². The van der Waals surface area contributed by atoms with Crippen molar-refractivity contribution in [3.8, 4) is 33.4 Å². The van der Waals surface area contributed by atoms with Gasteiger partial charge in [0, 0.05) is 22.0 Å². The molecule has 55 heavy (non-hydrogen) atoms. The van der Waals surface area contributed by atoms with E-state index in [1.807, 2.05) is 72.8 Å². The summed E-state index contributed by atoms with van der Waals surface area (Å²) in [6.07, 6.45) is -4.61. The fraction of sp³-hybridized carbons (Fsp3) is 0.0400. The molecule has 0 bridgehead atoms. The molecule has 0 radical (unpaired) electrons. The molecule has 0 saturated carbocycles. The van der Waals surface area contributed by atoms with E-state index in [0.29, 0.717) is 17.0 Å². The fourth-order valence-electron chi connectivity index (χ4n) is 9.43. The van der Waals surface area contributed by atoms with Crippen molar-refractivity contribution in [2.45, 2.75) is 11.6 Å². The smallest absolute Gasteiger partial charge is 0.418 e. The number of anilines is 3. The Kier molecular flexibility index (Phi) is 6.66. The minimum Gasteiger partial charge on any atom is -0.456 e. The molecule has 0 aliphatic heterocycles. The number of hydrogen-bond acceptors (Lipinski definition) is 2. The number of fused-ring (bicyclic) bond motifs is 13. The Morgan fingerprint density at radius 3 is 1.60 bits per heavy atom. The van der Waals surface area contributed by atoms with Gasteiger partial charge in [-0.05, 0) is 92.5 Å². The molecule has 0 amide bonds. The molecular formula is C50H30F3NO. The molecule has 0 atom stereocenters. The Hall–Kier alpha value is -6.85. The molecule has 11 rings (SSSR count). The molecule has 8 aromatic carbocycles. The molecule has 1 heterocycles. The van der Waals surface area contributed by atoms with E-state index in [9.17, 15) is 0 Å². The maximum atomic E-state index is 15.1. The largest absolute Gasteiger partial charge is 0.456 e. The summed E-state index contributed by atoms with van der Waals surface area (Å²) in [5.74, 6) is 0. The molecule has 2 nitrogen and oxygen atoms in total. The lowest BCUT2D eigenvalue weighted by Crippen LogP contribution is -2.26. The highest BCUT2D eigenvalue weighted by Gasteiger charge is 2.51. The molecular weight excluding hydrogens is 688 g/mol. The van der Waals surface area contributed by atoms with Gasteiger partial charge in [-0.1, -0.05) is 140 Å². The Morgan fingerprint density at radius 1 is 0.418 bits per heavy atom. The second-order valence-corrected chi connectivity index (χ2v) is 14.3. The summed E-state index contributed by atoms with van der Waals surface area (Å²) >= 11 is 0. The SMILES string of the molecule is FC(F)(F)c1ccccc1N(c1ccc2c(c1)C1(c3ccccc3-c3ccccc31)c1ccccc1-2)c1ccccc1-c1cccc2oc3ccccc3c12. The molecule has 5 heteroatoms. The van der Waals surface area contributed by atoms with Gasteiger partial charge in [0.05, 0.1) is 22.4 Å². The first-order valence-corrected chi connectivity index (χ1v) is 18.3. The van der Waals surface area contributed by atoms with E-state index >= 15 is 13.2 Å². The van der Waals surface area contributed by atoms with Gasteiger partial charge in [-0.3, -0.25) is 0 Å². The average Bonchev–Trinajstić information content (AvgIpc) is 3.85. The Bertz CT molecular complexity index is 2950. The highest BCUT2D eigenvalue weighted by atomic mass is 19.4. The zero-order chi connectivity index (χ0) is 36.9. The zero-order valence-electron chi connectivity index (χ0n) is 29.3. The van der Waals surface area contributed by atoms with E-state index in [1.165, 1.54) is 28.8 Å². The van der Waals surface area contributed by atoms with E-state index in [2.05, 4.69) is 84.9 Å². The summed E-state index contributed by atoms with van der Waals surface area (Å²) in [5.41, 5.74) is 12.1. The van der Waals surface area contributed by atoms with Gasteiger partial charge in [0.15, 0.2) is 0 Å². The van der Waals surface area contributed by atoms with Crippen LogP contribution in [0, 0.1) is 0 Å². The standard InChI is InChI=1S/C50H30F3NO/c51-50(52,53)42-23-9-11-25-45(42)54(44-24-10-4-17-36(44)37-19-13-27-47-48(37)38-18-5-12-26-46(38)55-47)31-28-29-35-34-16-3-8-22-41(34)49(43(35)30-31)39-20-6-1-14-32(39)33-15-2-7-21-40(33)49/h1-30H. The highest BCUT2D eigenvalue weighted by Crippen LogP contribution is 2.63. The lowest BCUT2D eigenvalue weighted by molar-refractivity contribution is -0.137. The number of para-hydroxylation sites is 3. The molecule has 0 saturated heterocycles. The van der Waals surface area contributed by atoms with Gasteiger partial charge in [0.25, 0.3) is 0 Å². The number of alkyl halides is 3. The normalized spacial score (nSPS) is 13.5. The van der Waals surface area contributed by atoms with Gasteiger partial charge in [-0.25, -0.2) is 0 Å². The average molecular weight is 718 g/mol. The summed E-state index contributed by atoms with van der Waals surface area (Å²) in [4.78, 5) is 1.79. The van der Waals surface area contributed by atoms with Crippen LogP contribution in [-0.4, -0.2) is 0 Å². The highest BCUT2D eigenvalue weighted by molar-refractivity contribution is 6.14. The molecule has 262 valence electrons. The van der Waals surface area contributed by atoms with Gasteiger partial charge in [-0.2, -0.15) is 13.2 Å². The first kappa shape index (κ1) is 31.7. The van der Waals surface area contributed by atoms with Crippen LogP contribution in [-0.2, 0) is 11.6 Å². The van der Waals surface area contributed by atoms with Crippen LogP contribution in [0.1, 0.15) is 27.8 Å². The van der Waals surface area contributed by atoms with Crippen molar-refractivity contribution in [1.82, 2.24) is 0 Å². The Balaban J connectivity index is 1.23. The van der Waals surface area contributed by atoms with Crippen molar-refractivity contribution < 1.29 is 17.6 Å². The maximum absolute atomic E-state index is 15.1. The van der Waals surface area contributed by atoms with Gasteiger partial charge in [-0.15, -0.1) is 0 Å². The monoisotopic (exact) mass is 717 g/mol. The third-order valence-corrected chi connectivity index (χ3v) is 11.5. The maximum Gasteiger partial charge on any atom is 0.418 e. The summed E-state index contributed by atoms with van der Waals surface area (Å²) in [7, 11) is 0. The van der Waals surface area contributed by atoms with Crippen molar-refractivity contribution >= 4 is 39.0 Å². The van der Waals surface area contributed by atoms with E-state index in [-0.39, 0.29) is 5.69 Å². The van der Waals surface area contributed by atoms with E-state index in [1.54, 1.807) is 17.0 Å². The number of nitrogens with zero attached hydrogens (tertiary/aromatic N) is 1. The molecule has 0 unspecified atom stereocenters. The third kappa shape index (κ3) is 4.38. The Labute approximate surface area is 315 Å². The minimum absolute atomic E-state index is 0.0448.